The highest BCUT2D eigenvalue weighted by molar-refractivity contribution is 5.33. The van der Waals surface area contributed by atoms with E-state index in [9.17, 15) is 0 Å². The molecular formula is C14H25N5. The molecule has 1 unspecified atom stereocenters. The van der Waals surface area contributed by atoms with Crippen LogP contribution in [-0.2, 0) is 0 Å². The maximum Gasteiger partial charge on any atom is 0.148 e. The van der Waals surface area contributed by atoms with Gasteiger partial charge in [0.1, 0.15) is 5.82 Å². The molecule has 1 aliphatic heterocycles. The monoisotopic (exact) mass is 263 g/mol. The minimum Gasteiger partial charge on any atom is -0.368 e. The van der Waals surface area contributed by atoms with Crippen molar-refractivity contribution in [3.8, 4) is 0 Å². The van der Waals surface area contributed by atoms with Crippen LogP contribution in [0.15, 0.2) is 12.1 Å². The number of nitrogens with two attached hydrogens (primary N) is 1. The number of nitrogens with one attached hydrogen (secondary N) is 1. The van der Waals surface area contributed by atoms with Crippen molar-refractivity contribution >= 4 is 5.82 Å². The molecule has 2 rings (SSSR count). The van der Waals surface area contributed by atoms with Crippen LogP contribution >= 0.6 is 0 Å². The number of rotatable bonds is 5. The van der Waals surface area contributed by atoms with Crippen molar-refractivity contribution in [1.82, 2.24) is 15.1 Å². The molecule has 1 aromatic heterocycles. The molecule has 0 radical (unpaired) electrons. The first-order valence-electron chi connectivity index (χ1n) is 7.15. The van der Waals surface area contributed by atoms with Gasteiger partial charge in [-0.3, -0.25) is 0 Å². The van der Waals surface area contributed by atoms with E-state index in [1.165, 1.54) is 12.8 Å². The smallest absolute Gasteiger partial charge is 0.148 e. The average Bonchev–Trinajstić information content (AvgIpc) is 2.46. The first kappa shape index (κ1) is 14.2. The Labute approximate surface area is 115 Å². The number of anilines is 1. The van der Waals surface area contributed by atoms with Crippen molar-refractivity contribution in [2.75, 3.05) is 38.5 Å². The fraction of sp³-hybridized carbons (Fsp3) is 0.714. The second kappa shape index (κ2) is 6.82. The molecule has 5 nitrogen and oxygen atoms in total. The van der Waals surface area contributed by atoms with E-state index < -0.39 is 0 Å². The van der Waals surface area contributed by atoms with Gasteiger partial charge in [0.25, 0.3) is 0 Å². The standard InChI is InChI=1S/C14H25N5/c1-11(9-15)10-16-14-4-3-13(17-18-14)12-5-7-19(2)8-6-12/h3-4,11-12H,5-10,15H2,1-2H3,(H,16,18). The van der Waals surface area contributed by atoms with E-state index in [1.807, 2.05) is 6.07 Å². The van der Waals surface area contributed by atoms with Crippen LogP contribution in [-0.4, -0.2) is 48.3 Å². The van der Waals surface area contributed by atoms with Crippen molar-refractivity contribution in [3.05, 3.63) is 17.8 Å². The van der Waals surface area contributed by atoms with Gasteiger partial charge in [0.15, 0.2) is 0 Å². The Morgan fingerprint density at radius 3 is 2.68 bits per heavy atom. The predicted octanol–water partition coefficient (Wildman–Crippen LogP) is 1.29. The van der Waals surface area contributed by atoms with Crippen molar-refractivity contribution < 1.29 is 0 Å². The SMILES string of the molecule is CC(CN)CNc1ccc(C2CCN(C)CC2)nn1. The third-order valence-electron chi connectivity index (χ3n) is 3.86. The maximum atomic E-state index is 5.59. The highest BCUT2D eigenvalue weighted by Gasteiger charge is 2.19. The van der Waals surface area contributed by atoms with Crippen LogP contribution in [0.2, 0.25) is 0 Å². The lowest BCUT2D eigenvalue weighted by Crippen LogP contribution is -2.29. The van der Waals surface area contributed by atoms with E-state index in [4.69, 9.17) is 5.73 Å². The molecule has 0 bridgehead atoms. The van der Waals surface area contributed by atoms with Gasteiger partial charge >= 0.3 is 0 Å². The Morgan fingerprint density at radius 2 is 2.11 bits per heavy atom. The number of piperidine rings is 1. The van der Waals surface area contributed by atoms with E-state index in [-0.39, 0.29) is 0 Å². The molecule has 1 aromatic rings. The van der Waals surface area contributed by atoms with Crippen LogP contribution in [0.1, 0.15) is 31.4 Å². The van der Waals surface area contributed by atoms with E-state index in [0.717, 1.165) is 31.1 Å². The molecule has 1 saturated heterocycles. The third kappa shape index (κ3) is 4.14. The highest BCUT2D eigenvalue weighted by atomic mass is 15.2. The van der Waals surface area contributed by atoms with Crippen LogP contribution in [0.3, 0.4) is 0 Å². The Bertz CT molecular complexity index is 370. The topological polar surface area (TPSA) is 67.1 Å². The summed E-state index contributed by atoms with van der Waals surface area (Å²) in [5.41, 5.74) is 6.72. The van der Waals surface area contributed by atoms with E-state index in [1.54, 1.807) is 0 Å². The first-order chi connectivity index (χ1) is 9.19. The van der Waals surface area contributed by atoms with Gasteiger partial charge in [0.05, 0.1) is 5.69 Å². The van der Waals surface area contributed by atoms with Crippen LogP contribution < -0.4 is 11.1 Å². The lowest BCUT2D eigenvalue weighted by molar-refractivity contribution is 0.253. The predicted molar refractivity (Wildman–Crippen MR) is 78.2 cm³/mol. The zero-order valence-electron chi connectivity index (χ0n) is 12.0. The lowest BCUT2D eigenvalue weighted by atomic mass is 9.94. The van der Waals surface area contributed by atoms with Gasteiger partial charge in [-0.1, -0.05) is 6.92 Å². The van der Waals surface area contributed by atoms with E-state index in [2.05, 4.69) is 40.5 Å². The van der Waals surface area contributed by atoms with Gasteiger partial charge in [-0.15, -0.1) is 5.10 Å². The summed E-state index contributed by atoms with van der Waals surface area (Å²) in [5, 5.41) is 11.9. The van der Waals surface area contributed by atoms with Gasteiger partial charge in [0, 0.05) is 12.5 Å². The van der Waals surface area contributed by atoms with Crippen molar-refractivity contribution in [3.63, 3.8) is 0 Å². The summed E-state index contributed by atoms with van der Waals surface area (Å²) < 4.78 is 0. The average molecular weight is 263 g/mol. The van der Waals surface area contributed by atoms with Gasteiger partial charge in [-0.05, 0) is 57.6 Å². The number of hydrogen-bond acceptors (Lipinski definition) is 5. The molecule has 106 valence electrons. The van der Waals surface area contributed by atoms with Crippen molar-refractivity contribution in [2.45, 2.75) is 25.7 Å². The number of aromatic nitrogens is 2. The fourth-order valence-electron chi connectivity index (χ4n) is 2.32. The summed E-state index contributed by atoms with van der Waals surface area (Å²) in [7, 11) is 2.17. The summed E-state index contributed by atoms with van der Waals surface area (Å²) >= 11 is 0. The third-order valence-corrected chi connectivity index (χ3v) is 3.86. The van der Waals surface area contributed by atoms with Crippen LogP contribution in [0.4, 0.5) is 5.82 Å². The molecule has 3 N–H and O–H groups in total. The molecular weight excluding hydrogens is 238 g/mol. The summed E-state index contributed by atoms with van der Waals surface area (Å²) in [6, 6.07) is 4.14. The van der Waals surface area contributed by atoms with Crippen LogP contribution in [0, 0.1) is 5.92 Å². The first-order valence-corrected chi connectivity index (χ1v) is 7.15. The fourth-order valence-corrected chi connectivity index (χ4v) is 2.32. The molecule has 0 spiro atoms. The molecule has 0 saturated carbocycles. The molecule has 0 amide bonds. The van der Waals surface area contributed by atoms with Crippen LogP contribution in [0.5, 0.6) is 0 Å². The van der Waals surface area contributed by atoms with Crippen molar-refractivity contribution in [2.24, 2.45) is 11.7 Å². The zero-order chi connectivity index (χ0) is 13.7. The van der Waals surface area contributed by atoms with Crippen molar-refractivity contribution in [1.29, 1.82) is 0 Å². The second-order valence-electron chi connectivity index (χ2n) is 5.64. The molecule has 1 aliphatic rings. The molecule has 0 aliphatic carbocycles. The summed E-state index contributed by atoms with van der Waals surface area (Å²) in [4.78, 5) is 2.37. The minimum absolute atomic E-state index is 0.454. The normalized spacial score (nSPS) is 19.3. The Kier molecular flexibility index (Phi) is 5.10. The number of likely N-dealkylation sites (tertiary alicyclic amines) is 1. The molecule has 0 aromatic carbocycles. The maximum absolute atomic E-state index is 5.59. The van der Waals surface area contributed by atoms with Crippen LogP contribution in [0.25, 0.3) is 0 Å². The van der Waals surface area contributed by atoms with Gasteiger partial charge < -0.3 is 16.0 Å². The molecule has 5 heteroatoms. The molecule has 2 heterocycles. The van der Waals surface area contributed by atoms with E-state index in [0.29, 0.717) is 18.4 Å². The minimum atomic E-state index is 0.454. The second-order valence-corrected chi connectivity index (χ2v) is 5.64. The van der Waals surface area contributed by atoms with Gasteiger partial charge in [-0.25, -0.2) is 0 Å². The highest BCUT2D eigenvalue weighted by Crippen LogP contribution is 2.25. The number of nitrogens with zero attached hydrogens (tertiary/aromatic N) is 3. The largest absolute Gasteiger partial charge is 0.368 e. The lowest BCUT2D eigenvalue weighted by Gasteiger charge is -2.28. The Hall–Kier alpha value is -1.20. The van der Waals surface area contributed by atoms with Gasteiger partial charge in [-0.2, -0.15) is 5.10 Å². The van der Waals surface area contributed by atoms with E-state index >= 15 is 0 Å². The zero-order valence-corrected chi connectivity index (χ0v) is 12.0. The summed E-state index contributed by atoms with van der Waals surface area (Å²) in [6.45, 7) is 5.96. The quantitative estimate of drug-likeness (QED) is 0.838. The molecule has 19 heavy (non-hydrogen) atoms. The Balaban J connectivity index is 1.87. The summed E-state index contributed by atoms with van der Waals surface area (Å²) in [5.74, 6) is 1.87. The molecule has 1 atom stereocenters. The summed E-state index contributed by atoms with van der Waals surface area (Å²) in [6.07, 6.45) is 2.37. The molecule has 1 fully saturated rings. The Morgan fingerprint density at radius 1 is 1.37 bits per heavy atom. The number of hydrogen-bond donors (Lipinski definition) is 2. The van der Waals surface area contributed by atoms with Gasteiger partial charge in [0.2, 0.25) is 0 Å².